The van der Waals surface area contributed by atoms with Crippen LogP contribution in [0.5, 0.6) is 0 Å². The van der Waals surface area contributed by atoms with Crippen LogP contribution in [0.1, 0.15) is 127 Å². The smallest absolute Gasteiger partial charge is 0.314 e. The number of aliphatic hydroxyl groups excluding tert-OH is 3. The SMILES string of the molecule is CCCc1ccc(C2=CCC(C3CC(CC)C4C(OC(=O)C5CCC(C(O)CC)CC5)=CC=C(OC(O)C5CCC(C(O)CC)CC5)C4S3)S2)s1. The Balaban J connectivity index is 1.17. The fourth-order valence-corrected chi connectivity index (χ4v) is 13.9. The standard InChI is InChI=1S/C42H62O6S3/c1-5-9-30-18-21-35(49-30)36-22-23-37(50-36)38-24-25(6-2)39-33(47-41(45)28-14-10-26(11-15-28)31(43)7-3)19-20-34(40(39)51-38)48-42(46)29-16-12-27(13-17-29)32(44)8-4/h18-22,25-29,31-32,37-40,42-44,46H,5-17,23-24H2,1-4H3. The monoisotopic (exact) mass is 758 g/mol. The number of aliphatic hydroxyl groups is 3. The summed E-state index contributed by atoms with van der Waals surface area (Å²) in [6, 6.07) is 4.59. The Morgan fingerprint density at radius 3 is 2.14 bits per heavy atom. The van der Waals surface area contributed by atoms with Crippen molar-refractivity contribution in [3.63, 3.8) is 0 Å². The Morgan fingerprint density at radius 2 is 1.49 bits per heavy atom. The van der Waals surface area contributed by atoms with Crippen molar-refractivity contribution in [3.8, 4) is 0 Å². The minimum atomic E-state index is -0.894. The van der Waals surface area contributed by atoms with Gasteiger partial charge >= 0.3 is 5.97 Å². The lowest BCUT2D eigenvalue weighted by Gasteiger charge is -2.46. The summed E-state index contributed by atoms with van der Waals surface area (Å²) in [5, 5.41) is 33.1. The van der Waals surface area contributed by atoms with Crippen LogP contribution in [0, 0.1) is 35.5 Å². The zero-order valence-corrected chi connectivity index (χ0v) is 33.7. The summed E-state index contributed by atoms with van der Waals surface area (Å²) in [5.41, 5.74) is 0. The molecule has 51 heavy (non-hydrogen) atoms. The molecule has 9 heteroatoms. The Labute approximate surface area is 319 Å². The van der Waals surface area contributed by atoms with Gasteiger partial charge in [-0.25, -0.2) is 0 Å². The van der Waals surface area contributed by atoms with Gasteiger partial charge in [0.1, 0.15) is 11.5 Å². The van der Waals surface area contributed by atoms with Gasteiger partial charge in [0.05, 0.1) is 23.4 Å². The topological polar surface area (TPSA) is 96.2 Å². The molecule has 6 rings (SSSR count). The van der Waals surface area contributed by atoms with Crippen molar-refractivity contribution in [3.05, 3.63) is 51.6 Å². The lowest BCUT2D eigenvalue weighted by molar-refractivity contribution is -0.148. The minimum Gasteiger partial charge on any atom is -0.468 e. The van der Waals surface area contributed by atoms with Gasteiger partial charge in [0.15, 0.2) is 6.29 Å². The Hall–Kier alpha value is -1.23. The third-order valence-corrected chi connectivity index (χ3v) is 17.2. The Morgan fingerprint density at radius 1 is 0.843 bits per heavy atom. The molecule has 3 N–H and O–H groups in total. The molecular weight excluding hydrogens is 697 g/mol. The van der Waals surface area contributed by atoms with E-state index in [0.29, 0.717) is 22.3 Å². The highest BCUT2D eigenvalue weighted by molar-refractivity contribution is 8.10. The zero-order valence-electron chi connectivity index (χ0n) is 31.2. The van der Waals surface area contributed by atoms with Crippen molar-refractivity contribution in [2.45, 2.75) is 158 Å². The van der Waals surface area contributed by atoms with E-state index in [1.165, 1.54) is 21.1 Å². The van der Waals surface area contributed by atoms with Gasteiger partial charge in [-0.2, -0.15) is 0 Å². The van der Waals surface area contributed by atoms with Crippen LogP contribution in [-0.4, -0.2) is 55.5 Å². The predicted octanol–water partition coefficient (Wildman–Crippen LogP) is 9.88. The fraction of sp³-hybridized carbons (Fsp3) is 0.738. The lowest BCUT2D eigenvalue weighted by atomic mass is 9.77. The molecular formula is C42H62O6S3. The number of carbonyl (C=O) groups excluding carboxylic acids is 1. The normalized spacial score (nSPS) is 34.4. The number of ether oxygens (including phenoxy) is 2. The lowest BCUT2D eigenvalue weighted by Crippen LogP contribution is -2.43. The minimum absolute atomic E-state index is 0.00817. The van der Waals surface area contributed by atoms with Crippen LogP contribution in [0.15, 0.2) is 41.9 Å². The highest BCUT2D eigenvalue weighted by Crippen LogP contribution is 2.55. The van der Waals surface area contributed by atoms with Gasteiger partial charge in [-0.05, 0) is 126 Å². The number of carbonyl (C=O) groups is 1. The van der Waals surface area contributed by atoms with E-state index >= 15 is 0 Å². The van der Waals surface area contributed by atoms with Crippen LogP contribution in [0.3, 0.4) is 0 Å². The van der Waals surface area contributed by atoms with E-state index in [1.54, 1.807) is 0 Å². The highest BCUT2D eigenvalue weighted by Gasteiger charge is 2.48. The second-order valence-electron chi connectivity index (χ2n) is 15.8. The summed E-state index contributed by atoms with van der Waals surface area (Å²) >= 11 is 5.94. The molecule has 8 unspecified atom stereocenters. The molecule has 1 aromatic heterocycles. The molecule has 8 atom stereocenters. The van der Waals surface area contributed by atoms with Crippen LogP contribution in [0.25, 0.3) is 4.91 Å². The molecule has 0 bridgehead atoms. The fourth-order valence-electron chi connectivity index (χ4n) is 9.30. The van der Waals surface area contributed by atoms with Gasteiger partial charge in [0.2, 0.25) is 0 Å². The summed E-state index contributed by atoms with van der Waals surface area (Å²) in [6.07, 6.45) is 18.6. The van der Waals surface area contributed by atoms with Crippen molar-refractivity contribution < 1.29 is 29.6 Å². The molecule has 3 fully saturated rings. The van der Waals surface area contributed by atoms with Crippen LogP contribution in [0.4, 0.5) is 0 Å². The molecule has 2 aliphatic heterocycles. The van der Waals surface area contributed by atoms with E-state index in [-0.39, 0.29) is 47.1 Å². The van der Waals surface area contributed by atoms with E-state index in [9.17, 15) is 20.1 Å². The van der Waals surface area contributed by atoms with E-state index in [0.717, 1.165) is 101 Å². The molecule has 2 saturated carbocycles. The van der Waals surface area contributed by atoms with E-state index in [1.807, 2.05) is 60.9 Å². The summed E-state index contributed by atoms with van der Waals surface area (Å²) in [7, 11) is 0. The summed E-state index contributed by atoms with van der Waals surface area (Å²) in [4.78, 5) is 17.9. The number of hydrogen-bond acceptors (Lipinski definition) is 9. The molecule has 0 radical (unpaired) electrons. The van der Waals surface area contributed by atoms with Gasteiger partial charge in [-0.15, -0.1) is 34.9 Å². The first-order chi connectivity index (χ1) is 24.7. The van der Waals surface area contributed by atoms with E-state index in [4.69, 9.17) is 9.47 Å². The quantitative estimate of drug-likeness (QED) is 0.128. The third kappa shape index (κ3) is 9.36. The van der Waals surface area contributed by atoms with Gasteiger partial charge in [0.25, 0.3) is 0 Å². The van der Waals surface area contributed by atoms with Gasteiger partial charge in [-0.3, -0.25) is 4.79 Å². The summed E-state index contributed by atoms with van der Waals surface area (Å²) in [5.74, 6) is 2.26. The van der Waals surface area contributed by atoms with E-state index < -0.39 is 6.29 Å². The van der Waals surface area contributed by atoms with E-state index in [2.05, 4.69) is 32.1 Å². The van der Waals surface area contributed by atoms with Crippen LogP contribution < -0.4 is 0 Å². The van der Waals surface area contributed by atoms with Gasteiger partial charge in [0, 0.05) is 37.0 Å². The summed E-state index contributed by atoms with van der Waals surface area (Å²) < 4.78 is 12.9. The van der Waals surface area contributed by atoms with Crippen molar-refractivity contribution in [2.24, 2.45) is 35.5 Å². The Bertz CT molecular complexity index is 1390. The first kappa shape index (κ1) is 39.5. The molecule has 3 aliphatic carbocycles. The molecule has 0 spiro atoms. The first-order valence-electron chi connectivity index (χ1n) is 20.2. The van der Waals surface area contributed by atoms with Crippen molar-refractivity contribution in [2.75, 3.05) is 0 Å². The molecule has 5 aliphatic rings. The zero-order chi connectivity index (χ0) is 36.1. The maximum Gasteiger partial charge on any atom is 0.314 e. The number of thioether (sulfide) groups is 2. The number of rotatable bonds is 14. The Kier molecular flexibility index (Phi) is 14.2. The first-order valence-corrected chi connectivity index (χ1v) is 22.8. The average Bonchev–Trinajstić information content (AvgIpc) is 3.85. The van der Waals surface area contributed by atoms with Crippen molar-refractivity contribution >= 4 is 45.7 Å². The highest BCUT2D eigenvalue weighted by atomic mass is 32.2. The van der Waals surface area contributed by atoms with Crippen LogP contribution in [-0.2, 0) is 20.7 Å². The summed E-state index contributed by atoms with van der Waals surface area (Å²) in [6.45, 7) is 8.56. The van der Waals surface area contributed by atoms with Gasteiger partial charge < -0.3 is 24.8 Å². The van der Waals surface area contributed by atoms with Gasteiger partial charge in [-0.1, -0.05) is 46.6 Å². The molecule has 3 heterocycles. The second-order valence-corrected chi connectivity index (χ2v) is 19.6. The predicted molar refractivity (Wildman–Crippen MR) is 212 cm³/mol. The molecule has 284 valence electrons. The maximum atomic E-state index is 13.7. The number of fused-ring (bicyclic) bond motifs is 1. The van der Waals surface area contributed by atoms with Crippen LogP contribution >= 0.6 is 34.9 Å². The second kappa shape index (κ2) is 18.4. The molecule has 0 aromatic carbocycles. The largest absolute Gasteiger partial charge is 0.468 e. The number of allylic oxidation sites excluding steroid dienone is 4. The molecule has 1 saturated heterocycles. The third-order valence-electron chi connectivity index (χ3n) is 12.6. The van der Waals surface area contributed by atoms with Crippen LogP contribution in [0.2, 0.25) is 0 Å². The van der Waals surface area contributed by atoms with Crippen molar-refractivity contribution in [1.29, 1.82) is 0 Å². The molecule has 1 aromatic rings. The average molecular weight is 759 g/mol. The molecule has 6 nitrogen and oxygen atoms in total. The van der Waals surface area contributed by atoms with Crippen molar-refractivity contribution in [1.82, 2.24) is 0 Å². The number of thiophene rings is 1. The maximum absolute atomic E-state index is 13.7. The molecule has 0 amide bonds. The number of esters is 1. The number of aryl methyl sites for hydroxylation is 1. The number of hydrogen-bond donors (Lipinski definition) is 3.